The van der Waals surface area contributed by atoms with Crippen molar-refractivity contribution in [3.8, 4) is 0 Å². The van der Waals surface area contributed by atoms with Crippen LogP contribution in [0.4, 0.5) is 8.78 Å². The standard InChI is InChI=1S/C34H46ClF2N3O2/c1-20(2)40(23(5)41)22(4)27-17-31(35)21(3)15-28(27)24-11-13-38(14-12-24)33(42)30-19-39(34(6,7)8)18-29(30)26-10-9-25(36)16-32(26)37/h9-10,15-17,20,22,24,29-30H,11-14,18-19H2,1-8H3/t22?,29?,30-/m1/s1. The predicted octanol–water partition coefficient (Wildman–Crippen LogP) is 7.46. The highest BCUT2D eigenvalue weighted by Crippen LogP contribution is 2.41. The number of carbonyl (C=O) groups excluding carboxylic acids is 2. The minimum Gasteiger partial charge on any atom is -0.342 e. The first-order valence-electron chi connectivity index (χ1n) is 15.2. The van der Waals surface area contributed by atoms with Gasteiger partial charge in [0, 0.05) is 61.7 Å². The zero-order valence-electron chi connectivity index (χ0n) is 26.3. The van der Waals surface area contributed by atoms with E-state index in [-0.39, 0.29) is 41.3 Å². The van der Waals surface area contributed by atoms with Gasteiger partial charge in [-0.25, -0.2) is 8.78 Å². The highest BCUT2D eigenvalue weighted by atomic mass is 35.5. The molecule has 2 unspecified atom stereocenters. The normalized spacial score (nSPS) is 21.2. The maximum atomic E-state index is 14.9. The first-order chi connectivity index (χ1) is 19.6. The lowest BCUT2D eigenvalue weighted by molar-refractivity contribution is -0.137. The number of likely N-dealkylation sites (tertiary alicyclic amines) is 2. The molecule has 2 aromatic rings. The molecule has 4 rings (SSSR count). The third-order valence-electron chi connectivity index (χ3n) is 9.35. The van der Waals surface area contributed by atoms with Gasteiger partial charge in [0.05, 0.1) is 12.0 Å². The second-order valence-electron chi connectivity index (χ2n) is 13.5. The molecule has 2 amide bonds. The van der Waals surface area contributed by atoms with Gasteiger partial charge < -0.3 is 9.80 Å². The van der Waals surface area contributed by atoms with Crippen LogP contribution in [0.5, 0.6) is 0 Å². The highest BCUT2D eigenvalue weighted by molar-refractivity contribution is 6.31. The summed E-state index contributed by atoms with van der Waals surface area (Å²) < 4.78 is 28.7. The molecular formula is C34H46ClF2N3O2. The number of halogens is 3. The quantitative estimate of drug-likeness (QED) is 0.345. The summed E-state index contributed by atoms with van der Waals surface area (Å²) in [5.74, 6) is -1.65. The van der Waals surface area contributed by atoms with Crippen molar-refractivity contribution in [2.45, 2.75) is 97.7 Å². The van der Waals surface area contributed by atoms with Crippen molar-refractivity contribution in [2.24, 2.45) is 5.92 Å². The Morgan fingerprint density at radius 1 is 1.00 bits per heavy atom. The van der Waals surface area contributed by atoms with Gasteiger partial charge >= 0.3 is 0 Å². The van der Waals surface area contributed by atoms with Gasteiger partial charge in [0.1, 0.15) is 11.6 Å². The second-order valence-corrected chi connectivity index (χ2v) is 13.9. The molecular weight excluding hydrogens is 556 g/mol. The Hall–Kier alpha value is -2.51. The summed E-state index contributed by atoms with van der Waals surface area (Å²) in [4.78, 5) is 32.6. The summed E-state index contributed by atoms with van der Waals surface area (Å²) in [5.41, 5.74) is 3.47. The lowest BCUT2D eigenvalue weighted by Crippen LogP contribution is -2.44. The zero-order valence-corrected chi connectivity index (χ0v) is 27.1. The minimum atomic E-state index is -0.613. The fourth-order valence-electron chi connectivity index (χ4n) is 7.03. The van der Waals surface area contributed by atoms with E-state index in [2.05, 4.69) is 38.7 Å². The van der Waals surface area contributed by atoms with E-state index in [0.29, 0.717) is 36.8 Å². The molecule has 3 atom stereocenters. The van der Waals surface area contributed by atoms with E-state index in [9.17, 15) is 18.4 Å². The number of hydrogen-bond acceptors (Lipinski definition) is 3. The molecule has 2 aliphatic heterocycles. The average Bonchev–Trinajstić information content (AvgIpc) is 3.35. The Balaban J connectivity index is 1.56. The van der Waals surface area contributed by atoms with Gasteiger partial charge in [0.2, 0.25) is 11.8 Å². The van der Waals surface area contributed by atoms with Crippen LogP contribution in [0.2, 0.25) is 5.02 Å². The molecule has 2 aliphatic rings. The topological polar surface area (TPSA) is 43.9 Å². The van der Waals surface area contributed by atoms with E-state index in [1.807, 2.05) is 36.6 Å². The number of carbonyl (C=O) groups is 2. The first kappa shape index (κ1) is 32.4. The monoisotopic (exact) mass is 601 g/mol. The molecule has 230 valence electrons. The molecule has 5 nitrogen and oxygen atoms in total. The van der Waals surface area contributed by atoms with Crippen LogP contribution in [0.25, 0.3) is 0 Å². The average molecular weight is 602 g/mol. The Morgan fingerprint density at radius 3 is 2.19 bits per heavy atom. The fraction of sp³-hybridized carbons (Fsp3) is 0.588. The smallest absolute Gasteiger partial charge is 0.227 e. The Morgan fingerprint density at radius 2 is 1.64 bits per heavy atom. The Bertz CT molecular complexity index is 1320. The van der Waals surface area contributed by atoms with Gasteiger partial charge in [-0.05, 0) is 102 Å². The van der Waals surface area contributed by atoms with Crippen LogP contribution in [0.15, 0.2) is 30.3 Å². The maximum Gasteiger partial charge on any atom is 0.227 e. The summed E-state index contributed by atoms with van der Waals surface area (Å²) >= 11 is 6.59. The summed E-state index contributed by atoms with van der Waals surface area (Å²) in [6, 6.07) is 7.77. The first-order valence-corrected chi connectivity index (χ1v) is 15.6. The van der Waals surface area contributed by atoms with E-state index in [4.69, 9.17) is 11.6 Å². The van der Waals surface area contributed by atoms with Crippen molar-refractivity contribution in [1.82, 2.24) is 14.7 Å². The molecule has 0 spiro atoms. The van der Waals surface area contributed by atoms with E-state index in [1.54, 1.807) is 6.92 Å². The van der Waals surface area contributed by atoms with Crippen LogP contribution < -0.4 is 0 Å². The van der Waals surface area contributed by atoms with Gasteiger partial charge in [0.25, 0.3) is 0 Å². The molecule has 2 aromatic carbocycles. The Kier molecular flexibility index (Phi) is 9.73. The summed E-state index contributed by atoms with van der Waals surface area (Å²) in [6.45, 7) is 18.3. The van der Waals surface area contributed by atoms with Crippen molar-refractivity contribution in [3.63, 3.8) is 0 Å². The van der Waals surface area contributed by atoms with Gasteiger partial charge in [-0.1, -0.05) is 23.7 Å². The molecule has 0 aliphatic carbocycles. The van der Waals surface area contributed by atoms with Crippen molar-refractivity contribution < 1.29 is 18.4 Å². The highest BCUT2D eigenvalue weighted by Gasteiger charge is 2.45. The summed E-state index contributed by atoms with van der Waals surface area (Å²) in [7, 11) is 0. The van der Waals surface area contributed by atoms with E-state index < -0.39 is 17.6 Å². The van der Waals surface area contributed by atoms with Crippen molar-refractivity contribution in [2.75, 3.05) is 26.2 Å². The molecule has 2 fully saturated rings. The van der Waals surface area contributed by atoms with Gasteiger partial charge in [-0.3, -0.25) is 14.5 Å². The van der Waals surface area contributed by atoms with Gasteiger partial charge in [-0.15, -0.1) is 0 Å². The summed E-state index contributed by atoms with van der Waals surface area (Å²) in [5, 5.41) is 0.684. The lowest BCUT2D eigenvalue weighted by Gasteiger charge is -2.38. The minimum absolute atomic E-state index is 0.0218. The van der Waals surface area contributed by atoms with Crippen LogP contribution in [0.3, 0.4) is 0 Å². The van der Waals surface area contributed by atoms with Gasteiger partial charge in [-0.2, -0.15) is 0 Å². The number of amides is 2. The third-order valence-corrected chi connectivity index (χ3v) is 9.75. The largest absolute Gasteiger partial charge is 0.342 e. The molecule has 0 N–H and O–H groups in total. The SMILES string of the molecule is CC(=O)N(C(C)C)C(C)c1cc(Cl)c(C)cc1C1CCN(C(=O)[C@@H]2CN(C(C)(C)C)CC2c2ccc(F)cc2F)CC1. The third kappa shape index (κ3) is 6.67. The number of nitrogens with zero attached hydrogens (tertiary/aromatic N) is 3. The molecule has 8 heteroatoms. The number of benzene rings is 2. The van der Waals surface area contributed by atoms with Crippen molar-refractivity contribution >= 4 is 23.4 Å². The molecule has 2 heterocycles. The van der Waals surface area contributed by atoms with Crippen LogP contribution in [-0.4, -0.2) is 64.3 Å². The van der Waals surface area contributed by atoms with E-state index in [1.165, 1.54) is 17.7 Å². The zero-order chi connectivity index (χ0) is 31.1. The predicted molar refractivity (Wildman–Crippen MR) is 165 cm³/mol. The fourth-order valence-corrected chi connectivity index (χ4v) is 7.20. The maximum absolute atomic E-state index is 14.9. The second kappa shape index (κ2) is 12.6. The number of hydrogen-bond donors (Lipinski definition) is 0. The van der Waals surface area contributed by atoms with E-state index in [0.717, 1.165) is 30.0 Å². The van der Waals surface area contributed by atoms with Gasteiger partial charge in [0.15, 0.2) is 0 Å². The van der Waals surface area contributed by atoms with Crippen molar-refractivity contribution in [3.05, 3.63) is 69.2 Å². The van der Waals surface area contributed by atoms with Crippen LogP contribution in [0, 0.1) is 24.5 Å². The lowest BCUT2D eigenvalue weighted by atomic mass is 9.82. The molecule has 42 heavy (non-hydrogen) atoms. The van der Waals surface area contributed by atoms with Crippen LogP contribution >= 0.6 is 11.6 Å². The molecule has 0 saturated carbocycles. The van der Waals surface area contributed by atoms with Crippen LogP contribution in [0.1, 0.15) is 101 Å². The van der Waals surface area contributed by atoms with E-state index >= 15 is 0 Å². The molecule has 0 bridgehead atoms. The number of aryl methyl sites for hydroxylation is 1. The van der Waals surface area contributed by atoms with Crippen LogP contribution in [-0.2, 0) is 9.59 Å². The molecule has 2 saturated heterocycles. The molecule has 0 radical (unpaired) electrons. The van der Waals surface area contributed by atoms with Crippen molar-refractivity contribution in [1.29, 1.82) is 0 Å². The molecule has 0 aromatic heterocycles. The number of piperidine rings is 1. The number of rotatable bonds is 6. The summed E-state index contributed by atoms with van der Waals surface area (Å²) in [6.07, 6.45) is 1.58. The Labute approximate surface area is 255 Å².